The van der Waals surface area contributed by atoms with Crippen molar-refractivity contribution in [1.82, 2.24) is 0 Å². The van der Waals surface area contributed by atoms with Crippen molar-refractivity contribution in [2.24, 2.45) is 11.8 Å². The van der Waals surface area contributed by atoms with Gasteiger partial charge in [-0.05, 0) is 61.3 Å². The van der Waals surface area contributed by atoms with Crippen molar-refractivity contribution in [2.45, 2.75) is 68.4 Å². The summed E-state index contributed by atoms with van der Waals surface area (Å²) in [7, 11) is 0. The Labute approximate surface area is 205 Å². The van der Waals surface area contributed by atoms with Crippen LogP contribution in [0.5, 0.6) is 5.75 Å². The van der Waals surface area contributed by atoms with E-state index in [-0.39, 0.29) is 38.6 Å². The highest BCUT2D eigenvalue weighted by Gasteiger charge is 2.61. The van der Waals surface area contributed by atoms with Crippen molar-refractivity contribution in [2.75, 3.05) is 19.8 Å². The molecule has 35 heavy (non-hydrogen) atoms. The van der Waals surface area contributed by atoms with Crippen LogP contribution < -0.4 is 4.74 Å². The summed E-state index contributed by atoms with van der Waals surface area (Å²) < 4.78 is 18.2. The summed E-state index contributed by atoms with van der Waals surface area (Å²) in [4.78, 5) is 0. The number of aliphatic hydroxyl groups excluding tert-OH is 6. The molecule has 9 nitrogen and oxygen atoms in total. The Morgan fingerprint density at radius 1 is 1.14 bits per heavy atom. The molecular formula is C26H38O9. The first-order valence-corrected chi connectivity index (χ1v) is 12.1. The van der Waals surface area contributed by atoms with Gasteiger partial charge in [0.1, 0.15) is 24.1 Å². The zero-order valence-corrected chi connectivity index (χ0v) is 19.9. The first kappa shape index (κ1) is 27.6. The SMILES string of the molecule is C=CCc1ccc(OC2OC(C(O)CCCO)C(O)C(O)C23CC(CO)C(CCO)C=CO3)cc1. The Morgan fingerprint density at radius 2 is 1.89 bits per heavy atom. The highest BCUT2D eigenvalue weighted by Crippen LogP contribution is 2.44. The molecule has 6 N–H and O–H groups in total. The van der Waals surface area contributed by atoms with Gasteiger partial charge in [0, 0.05) is 26.2 Å². The largest absolute Gasteiger partial charge is 0.486 e. The van der Waals surface area contributed by atoms with Gasteiger partial charge in [-0.2, -0.15) is 0 Å². The fourth-order valence-corrected chi connectivity index (χ4v) is 4.91. The van der Waals surface area contributed by atoms with Gasteiger partial charge in [-0.25, -0.2) is 0 Å². The fourth-order valence-electron chi connectivity index (χ4n) is 4.91. The van der Waals surface area contributed by atoms with Crippen LogP contribution in [-0.4, -0.2) is 86.8 Å². The first-order chi connectivity index (χ1) is 16.9. The summed E-state index contributed by atoms with van der Waals surface area (Å²) in [5.41, 5.74) is -0.569. The minimum Gasteiger partial charge on any atom is -0.486 e. The lowest BCUT2D eigenvalue weighted by atomic mass is 9.75. The smallest absolute Gasteiger partial charge is 0.243 e. The maximum Gasteiger partial charge on any atom is 0.243 e. The van der Waals surface area contributed by atoms with Crippen LogP contribution in [-0.2, 0) is 15.9 Å². The van der Waals surface area contributed by atoms with Gasteiger partial charge in [0.25, 0.3) is 0 Å². The molecule has 8 atom stereocenters. The molecule has 0 radical (unpaired) electrons. The summed E-state index contributed by atoms with van der Waals surface area (Å²) in [6, 6.07) is 7.23. The van der Waals surface area contributed by atoms with Crippen molar-refractivity contribution >= 4 is 0 Å². The molecule has 9 heteroatoms. The van der Waals surface area contributed by atoms with E-state index in [1.807, 2.05) is 12.1 Å². The lowest BCUT2D eigenvalue weighted by molar-refractivity contribution is -0.333. The molecule has 0 amide bonds. The number of rotatable bonds is 11. The van der Waals surface area contributed by atoms with Crippen molar-refractivity contribution in [3.8, 4) is 5.75 Å². The topological polar surface area (TPSA) is 149 Å². The van der Waals surface area contributed by atoms with E-state index in [2.05, 4.69) is 6.58 Å². The number of hydrogen-bond donors (Lipinski definition) is 6. The number of allylic oxidation sites excluding steroid dienone is 2. The van der Waals surface area contributed by atoms with E-state index in [1.54, 1.807) is 24.3 Å². The molecule has 1 aromatic rings. The Morgan fingerprint density at radius 3 is 2.51 bits per heavy atom. The van der Waals surface area contributed by atoms with Crippen LogP contribution in [0.2, 0.25) is 0 Å². The van der Waals surface area contributed by atoms with Crippen LogP contribution in [0.4, 0.5) is 0 Å². The lowest BCUT2D eigenvalue weighted by Gasteiger charge is -2.51. The molecule has 1 fully saturated rings. The number of aliphatic hydroxyl groups is 6. The monoisotopic (exact) mass is 494 g/mol. The van der Waals surface area contributed by atoms with Gasteiger partial charge in [0.05, 0.1) is 12.4 Å². The molecule has 196 valence electrons. The third kappa shape index (κ3) is 6.24. The minimum atomic E-state index is -1.60. The average molecular weight is 495 g/mol. The van der Waals surface area contributed by atoms with Crippen LogP contribution in [0.15, 0.2) is 49.3 Å². The van der Waals surface area contributed by atoms with E-state index in [0.29, 0.717) is 25.0 Å². The van der Waals surface area contributed by atoms with Crippen LogP contribution in [0.1, 0.15) is 31.2 Å². The van der Waals surface area contributed by atoms with Gasteiger partial charge in [-0.15, -0.1) is 6.58 Å². The van der Waals surface area contributed by atoms with Crippen LogP contribution in [0, 0.1) is 11.8 Å². The predicted molar refractivity (Wildman–Crippen MR) is 127 cm³/mol. The lowest BCUT2D eigenvalue weighted by Crippen LogP contribution is -2.70. The minimum absolute atomic E-state index is 0.0675. The van der Waals surface area contributed by atoms with Crippen LogP contribution in [0.3, 0.4) is 0 Å². The molecule has 0 saturated carbocycles. The highest BCUT2D eigenvalue weighted by molar-refractivity contribution is 5.29. The summed E-state index contributed by atoms with van der Waals surface area (Å²) in [5, 5.41) is 61.6. The molecule has 2 heterocycles. The van der Waals surface area contributed by atoms with Crippen LogP contribution in [0.25, 0.3) is 0 Å². The molecule has 3 rings (SSSR count). The summed E-state index contributed by atoms with van der Waals surface area (Å²) in [6.07, 6.45) is -0.159. The van der Waals surface area contributed by atoms with E-state index in [9.17, 15) is 25.5 Å². The molecular weight excluding hydrogens is 456 g/mol. The van der Waals surface area contributed by atoms with Gasteiger partial charge in [-0.1, -0.05) is 18.2 Å². The number of hydrogen-bond acceptors (Lipinski definition) is 9. The van der Waals surface area contributed by atoms with Gasteiger partial charge in [0.2, 0.25) is 6.29 Å². The Balaban J connectivity index is 1.95. The van der Waals surface area contributed by atoms with Gasteiger partial charge < -0.3 is 44.8 Å². The zero-order chi connectivity index (χ0) is 25.4. The molecule has 1 saturated heterocycles. The zero-order valence-electron chi connectivity index (χ0n) is 19.9. The number of ether oxygens (including phenoxy) is 3. The summed E-state index contributed by atoms with van der Waals surface area (Å²) >= 11 is 0. The van der Waals surface area contributed by atoms with E-state index in [4.69, 9.17) is 19.3 Å². The fraction of sp³-hybridized carbons (Fsp3) is 0.615. The quantitative estimate of drug-likeness (QED) is 0.244. The van der Waals surface area contributed by atoms with Crippen LogP contribution >= 0.6 is 0 Å². The maximum atomic E-state index is 11.3. The Hall–Kier alpha value is -1.98. The molecule has 2 aliphatic rings. The number of benzene rings is 1. The summed E-state index contributed by atoms with van der Waals surface area (Å²) in [5.74, 6) is -0.206. The first-order valence-electron chi connectivity index (χ1n) is 12.1. The molecule has 0 bridgehead atoms. The van der Waals surface area contributed by atoms with Gasteiger partial charge in [-0.3, -0.25) is 0 Å². The van der Waals surface area contributed by atoms with E-state index < -0.39 is 42.2 Å². The van der Waals surface area contributed by atoms with Crippen molar-refractivity contribution < 1.29 is 44.8 Å². The molecule has 1 spiro atoms. The summed E-state index contributed by atoms with van der Waals surface area (Å²) in [6.45, 7) is 3.27. The van der Waals surface area contributed by atoms with Crippen molar-refractivity contribution in [1.29, 1.82) is 0 Å². The molecule has 0 aliphatic carbocycles. The van der Waals surface area contributed by atoms with E-state index in [1.165, 1.54) is 6.26 Å². The second-order valence-corrected chi connectivity index (χ2v) is 9.28. The van der Waals surface area contributed by atoms with E-state index >= 15 is 0 Å². The van der Waals surface area contributed by atoms with Gasteiger partial charge in [0.15, 0.2) is 5.60 Å². The van der Waals surface area contributed by atoms with Crippen molar-refractivity contribution in [3.05, 3.63) is 54.8 Å². The maximum absolute atomic E-state index is 11.3. The second kappa shape index (κ2) is 12.8. The highest BCUT2D eigenvalue weighted by atomic mass is 16.7. The Kier molecular flexibility index (Phi) is 10.1. The molecule has 2 aliphatic heterocycles. The molecule has 8 unspecified atom stereocenters. The normalized spacial score (nSPS) is 33.7. The Bertz CT molecular complexity index is 814. The standard InChI is InChI=1S/C26H38O9/c1-2-4-17-6-8-20(9-7-17)34-25-26(15-19(16-29)18(10-13-28)11-14-33-26)24(32)22(31)23(35-25)21(30)5-3-12-27/h2,6-9,11,14,18-19,21-25,27-32H,1,3-5,10,12-13,15-16H2. The third-order valence-corrected chi connectivity index (χ3v) is 6.92. The third-order valence-electron chi connectivity index (χ3n) is 6.92. The van der Waals surface area contributed by atoms with E-state index in [0.717, 1.165) is 5.56 Å². The van der Waals surface area contributed by atoms with Gasteiger partial charge >= 0.3 is 0 Å². The average Bonchev–Trinajstić information content (AvgIpc) is 3.05. The predicted octanol–water partition coefficient (Wildman–Crippen LogP) is 0.654. The molecule has 0 aromatic heterocycles. The second-order valence-electron chi connectivity index (χ2n) is 9.28. The van der Waals surface area contributed by atoms with Crippen molar-refractivity contribution in [3.63, 3.8) is 0 Å². The molecule has 1 aromatic carbocycles.